The number of anilines is 1. The molecule has 2 N–H and O–H groups in total. The van der Waals surface area contributed by atoms with Crippen molar-refractivity contribution >= 4 is 23.7 Å². The van der Waals surface area contributed by atoms with E-state index in [2.05, 4.69) is 20.4 Å². The minimum absolute atomic E-state index is 0.149. The monoisotopic (exact) mass is 439 g/mol. The number of amides is 2. The van der Waals surface area contributed by atoms with Gasteiger partial charge in [0.1, 0.15) is 11.9 Å². The number of benzene rings is 1. The highest BCUT2D eigenvalue weighted by Crippen LogP contribution is 2.27. The molecule has 166 valence electrons. The van der Waals surface area contributed by atoms with Crippen LogP contribution in [0.5, 0.6) is 0 Å². The van der Waals surface area contributed by atoms with Gasteiger partial charge in [0.05, 0.1) is 43.2 Å². The van der Waals surface area contributed by atoms with E-state index in [4.69, 9.17) is 10.00 Å². The van der Waals surface area contributed by atoms with Crippen molar-refractivity contribution in [1.82, 2.24) is 14.9 Å². The summed E-state index contributed by atoms with van der Waals surface area (Å²) in [4.78, 5) is 52.2. The summed E-state index contributed by atoms with van der Waals surface area (Å²) in [5.74, 6) is 0.113. The van der Waals surface area contributed by atoms with Crippen LogP contribution in [0, 0.1) is 18.3 Å². The van der Waals surface area contributed by atoms with Crippen LogP contribution in [0.1, 0.15) is 24.2 Å². The predicted octanol–water partition coefficient (Wildman–Crippen LogP) is 1.73. The Balaban J connectivity index is 1.80. The van der Waals surface area contributed by atoms with Crippen LogP contribution >= 0.6 is 0 Å². The molecular formula is C21H21N5O6. The van der Waals surface area contributed by atoms with Crippen LogP contribution < -0.4 is 16.2 Å². The maximum Gasteiger partial charge on any atom is 0.411 e. The van der Waals surface area contributed by atoms with E-state index in [9.17, 15) is 19.2 Å². The lowest BCUT2D eigenvalue weighted by Crippen LogP contribution is -2.27. The number of cyclic esters (lactones) is 1. The van der Waals surface area contributed by atoms with Gasteiger partial charge >= 0.3 is 12.2 Å². The van der Waals surface area contributed by atoms with Gasteiger partial charge in [-0.3, -0.25) is 19.5 Å². The Bertz CT molecular complexity index is 1170. The number of rotatable bonds is 7. The lowest BCUT2D eigenvalue weighted by molar-refractivity contribution is -0.120. The van der Waals surface area contributed by atoms with Gasteiger partial charge in [-0.15, -0.1) is 0 Å². The van der Waals surface area contributed by atoms with E-state index in [1.807, 2.05) is 6.07 Å². The fourth-order valence-electron chi connectivity index (χ4n) is 3.22. The fraction of sp³-hybridized carbons (Fsp3) is 0.333. The van der Waals surface area contributed by atoms with Crippen LogP contribution in [0.25, 0.3) is 11.3 Å². The molecule has 0 saturated carbocycles. The smallest absolute Gasteiger partial charge is 0.411 e. The number of aryl methyl sites for hydroxylation is 1. The maximum absolute atomic E-state index is 12.7. The van der Waals surface area contributed by atoms with Gasteiger partial charge in [-0.25, -0.2) is 14.6 Å². The molecule has 1 aromatic carbocycles. The molecule has 1 fully saturated rings. The zero-order valence-electron chi connectivity index (χ0n) is 17.5. The molecule has 11 nitrogen and oxygen atoms in total. The van der Waals surface area contributed by atoms with E-state index < -0.39 is 17.7 Å². The molecule has 1 aromatic heterocycles. The molecule has 11 heteroatoms. The predicted molar refractivity (Wildman–Crippen MR) is 112 cm³/mol. The average Bonchev–Trinajstić information content (AvgIpc) is 3.19. The third-order valence-corrected chi connectivity index (χ3v) is 4.87. The number of hydrogen-bond donors (Lipinski definition) is 2. The summed E-state index contributed by atoms with van der Waals surface area (Å²) in [6.45, 7) is 1.79. The number of methoxy groups -OCH3 is 1. The van der Waals surface area contributed by atoms with Gasteiger partial charge in [-0.2, -0.15) is 5.26 Å². The molecule has 0 radical (unpaired) electrons. The number of ketones is 1. The molecule has 3 rings (SSSR count). The second-order valence-electron chi connectivity index (χ2n) is 7.09. The molecule has 1 atom stereocenters. The standard InChI is InChI=1S/C21H21N5O6/c1-12-24-18(16-6-3-13(9-22)7-17(16)25-21(30)31-2)8-19(28)26(12)11-14(27)4-5-15-10-23-20(29)32-15/h3,6-8,15H,4-5,10-11H2,1-2H3,(H,23,29)(H,25,30). The number of Topliss-reactive ketones (excluding diaryl/α,β-unsaturated/α-hetero) is 1. The largest absolute Gasteiger partial charge is 0.453 e. The Hall–Kier alpha value is -4.20. The number of alkyl carbamates (subject to hydrolysis) is 1. The van der Waals surface area contributed by atoms with Crippen molar-refractivity contribution in [1.29, 1.82) is 5.26 Å². The lowest BCUT2D eigenvalue weighted by Gasteiger charge is -2.14. The first kappa shape index (κ1) is 22.5. The number of aromatic nitrogens is 2. The zero-order chi connectivity index (χ0) is 23.3. The first-order valence-corrected chi connectivity index (χ1v) is 9.75. The second kappa shape index (κ2) is 9.74. The summed E-state index contributed by atoms with van der Waals surface area (Å²) in [5.41, 5.74) is 0.817. The summed E-state index contributed by atoms with van der Waals surface area (Å²) >= 11 is 0. The highest BCUT2D eigenvalue weighted by atomic mass is 16.6. The van der Waals surface area contributed by atoms with Crippen LogP contribution in [-0.2, 0) is 20.8 Å². The molecule has 1 aliphatic rings. The van der Waals surface area contributed by atoms with Crippen molar-refractivity contribution < 1.29 is 23.9 Å². The zero-order valence-corrected chi connectivity index (χ0v) is 17.5. The van der Waals surface area contributed by atoms with Crippen molar-refractivity contribution in [3.8, 4) is 17.3 Å². The molecule has 0 spiro atoms. The number of hydrogen-bond acceptors (Lipinski definition) is 8. The number of ether oxygens (including phenoxy) is 2. The first-order valence-electron chi connectivity index (χ1n) is 9.75. The minimum atomic E-state index is -0.736. The van der Waals surface area contributed by atoms with Gasteiger partial charge < -0.3 is 14.8 Å². The van der Waals surface area contributed by atoms with Gasteiger partial charge in [-0.1, -0.05) is 0 Å². The highest BCUT2D eigenvalue weighted by molar-refractivity contribution is 5.91. The Labute approximate surface area is 183 Å². The Kier molecular flexibility index (Phi) is 6.84. The first-order chi connectivity index (χ1) is 15.3. The number of carbonyl (C=O) groups is 3. The molecule has 2 heterocycles. The highest BCUT2D eigenvalue weighted by Gasteiger charge is 2.23. The maximum atomic E-state index is 12.7. The Morgan fingerprint density at radius 2 is 2.16 bits per heavy atom. The average molecular weight is 439 g/mol. The molecular weight excluding hydrogens is 418 g/mol. The Morgan fingerprint density at radius 1 is 1.38 bits per heavy atom. The summed E-state index contributed by atoms with van der Waals surface area (Å²) < 4.78 is 10.9. The fourth-order valence-corrected chi connectivity index (χ4v) is 3.22. The Morgan fingerprint density at radius 3 is 2.78 bits per heavy atom. The van der Waals surface area contributed by atoms with Gasteiger partial charge in [-0.05, 0) is 31.5 Å². The van der Waals surface area contributed by atoms with Crippen molar-refractivity contribution in [3.05, 3.63) is 46.0 Å². The van der Waals surface area contributed by atoms with E-state index in [1.54, 1.807) is 13.0 Å². The van der Waals surface area contributed by atoms with E-state index in [0.717, 1.165) is 0 Å². The lowest BCUT2D eigenvalue weighted by atomic mass is 10.1. The van der Waals surface area contributed by atoms with Gasteiger partial charge in [0.25, 0.3) is 5.56 Å². The summed E-state index contributed by atoms with van der Waals surface area (Å²) in [6, 6.07) is 7.79. The summed E-state index contributed by atoms with van der Waals surface area (Å²) in [7, 11) is 1.21. The molecule has 1 saturated heterocycles. The van der Waals surface area contributed by atoms with Gasteiger partial charge in [0.15, 0.2) is 5.78 Å². The van der Waals surface area contributed by atoms with E-state index in [-0.39, 0.29) is 36.2 Å². The SMILES string of the molecule is COC(=O)Nc1cc(C#N)ccc1-c1cc(=O)n(CC(=O)CCC2CNC(=O)O2)c(C)n1. The van der Waals surface area contributed by atoms with Crippen LogP contribution in [0.2, 0.25) is 0 Å². The van der Waals surface area contributed by atoms with Crippen molar-refractivity contribution in [2.24, 2.45) is 0 Å². The van der Waals surface area contributed by atoms with Crippen molar-refractivity contribution in [2.45, 2.75) is 32.4 Å². The third kappa shape index (κ3) is 5.28. The number of nitriles is 1. The molecule has 1 aliphatic heterocycles. The van der Waals surface area contributed by atoms with Crippen molar-refractivity contribution in [3.63, 3.8) is 0 Å². The molecule has 0 aliphatic carbocycles. The van der Waals surface area contributed by atoms with E-state index >= 15 is 0 Å². The van der Waals surface area contributed by atoms with Gasteiger partial charge in [0.2, 0.25) is 0 Å². The van der Waals surface area contributed by atoms with E-state index in [0.29, 0.717) is 29.9 Å². The minimum Gasteiger partial charge on any atom is -0.453 e. The number of nitrogens with zero attached hydrogens (tertiary/aromatic N) is 3. The molecule has 0 bridgehead atoms. The topological polar surface area (TPSA) is 152 Å². The molecule has 32 heavy (non-hydrogen) atoms. The van der Waals surface area contributed by atoms with Crippen LogP contribution in [0.4, 0.5) is 15.3 Å². The second-order valence-corrected chi connectivity index (χ2v) is 7.09. The molecule has 2 amide bonds. The van der Waals surface area contributed by atoms with E-state index in [1.165, 1.54) is 29.9 Å². The van der Waals surface area contributed by atoms with Gasteiger partial charge in [0, 0.05) is 18.1 Å². The summed E-state index contributed by atoms with van der Waals surface area (Å²) in [5, 5.41) is 14.2. The van der Waals surface area contributed by atoms with Crippen LogP contribution in [-0.4, -0.2) is 47.3 Å². The third-order valence-electron chi connectivity index (χ3n) is 4.87. The van der Waals surface area contributed by atoms with Crippen LogP contribution in [0.3, 0.4) is 0 Å². The molecule has 1 unspecified atom stereocenters. The van der Waals surface area contributed by atoms with Crippen LogP contribution in [0.15, 0.2) is 29.1 Å². The normalized spacial score (nSPS) is 14.8. The quantitative estimate of drug-likeness (QED) is 0.661. The number of carbonyl (C=O) groups excluding carboxylic acids is 3. The van der Waals surface area contributed by atoms with Crippen molar-refractivity contribution in [2.75, 3.05) is 19.0 Å². The molecule has 2 aromatic rings. The summed E-state index contributed by atoms with van der Waals surface area (Å²) in [6.07, 6.45) is -1.08. The number of nitrogens with one attached hydrogen (secondary N) is 2.